The molecule has 4 rings (SSSR count). The molecule has 142 valence electrons. The SMILES string of the molecule is CN=C(NCCC1C(=O)Nc2ccccc21)NC1CCN(C2CC2)C1.I. The number of nitrogens with zero attached hydrogens (tertiary/aromatic N) is 2. The lowest BCUT2D eigenvalue weighted by molar-refractivity contribution is -0.117. The summed E-state index contributed by atoms with van der Waals surface area (Å²) in [5.74, 6) is 0.870. The van der Waals surface area contributed by atoms with Gasteiger partial charge in [0.15, 0.2) is 5.96 Å². The Labute approximate surface area is 172 Å². The van der Waals surface area contributed by atoms with Gasteiger partial charge in [-0.1, -0.05) is 18.2 Å². The number of rotatable bonds is 5. The molecule has 7 heteroatoms. The van der Waals surface area contributed by atoms with Crippen LogP contribution in [0.4, 0.5) is 5.69 Å². The van der Waals surface area contributed by atoms with Gasteiger partial charge in [-0.25, -0.2) is 0 Å². The Bertz CT molecular complexity index is 676. The van der Waals surface area contributed by atoms with E-state index in [1.165, 1.54) is 25.8 Å². The zero-order valence-electron chi connectivity index (χ0n) is 15.2. The number of carbonyl (C=O) groups excluding carboxylic acids is 1. The fourth-order valence-corrected chi connectivity index (χ4v) is 3.96. The first-order valence-corrected chi connectivity index (χ1v) is 9.35. The van der Waals surface area contributed by atoms with Crippen LogP contribution >= 0.6 is 24.0 Å². The summed E-state index contributed by atoms with van der Waals surface area (Å²) >= 11 is 0. The van der Waals surface area contributed by atoms with Crippen LogP contribution in [-0.4, -0.2) is 55.5 Å². The number of aliphatic imine (C=N–C) groups is 1. The monoisotopic (exact) mass is 469 g/mol. The molecule has 1 aromatic rings. The molecule has 2 fully saturated rings. The van der Waals surface area contributed by atoms with Gasteiger partial charge in [-0.05, 0) is 37.3 Å². The third-order valence-corrected chi connectivity index (χ3v) is 5.48. The van der Waals surface area contributed by atoms with E-state index in [-0.39, 0.29) is 35.8 Å². The molecular formula is C19H28IN5O. The first-order valence-electron chi connectivity index (χ1n) is 9.35. The quantitative estimate of drug-likeness (QED) is 0.351. The summed E-state index contributed by atoms with van der Waals surface area (Å²) < 4.78 is 0. The van der Waals surface area contributed by atoms with E-state index >= 15 is 0 Å². The van der Waals surface area contributed by atoms with Crippen LogP contribution in [0.5, 0.6) is 0 Å². The van der Waals surface area contributed by atoms with E-state index in [2.05, 4.69) is 25.8 Å². The van der Waals surface area contributed by atoms with Crippen molar-refractivity contribution >= 4 is 41.5 Å². The van der Waals surface area contributed by atoms with Crippen molar-refractivity contribution in [3.63, 3.8) is 0 Å². The van der Waals surface area contributed by atoms with Crippen LogP contribution in [0.3, 0.4) is 0 Å². The van der Waals surface area contributed by atoms with Gasteiger partial charge in [0.25, 0.3) is 0 Å². The topological polar surface area (TPSA) is 68.8 Å². The number of benzene rings is 1. The second-order valence-corrected chi connectivity index (χ2v) is 7.27. The van der Waals surface area contributed by atoms with Crippen LogP contribution in [0.15, 0.2) is 29.3 Å². The van der Waals surface area contributed by atoms with Crippen LogP contribution < -0.4 is 16.0 Å². The molecular weight excluding hydrogens is 441 g/mol. The third-order valence-electron chi connectivity index (χ3n) is 5.48. The molecule has 3 aliphatic rings. The number of fused-ring (bicyclic) bond motifs is 1. The van der Waals surface area contributed by atoms with E-state index in [0.717, 1.165) is 42.8 Å². The fraction of sp³-hybridized carbons (Fsp3) is 0.579. The minimum Gasteiger partial charge on any atom is -0.356 e. The molecule has 0 aromatic heterocycles. The zero-order chi connectivity index (χ0) is 17.2. The average Bonchev–Trinajstić information content (AvgIpc) is 3.29. The molecule has 26 heavy (non-hydrogen) atoms. The van der Waals surface area contributed by atoms with Gasteiger partial charge in [-0.3, -0.25) is 14.7 Å². The van der Waals surface area contributed by atoms with Gasteiger partial charge in [0.1, 0.15) is 0 Å². The number of amides is 1. The van der Waals surface area contributed by atoms with Gasteiger partial charge in [0.05, 0.1) is 5.92 Å². The Morgan fingerprint density at radius 1 is 1.31 bits per heavy atom. The maximum Gasteiger partial charge on any atom is 0.232 e. The number of para-hydroxylation sites is 1. The summed E-state index contributed by atoms with van der Waals surface area (Å²) in [6.07, 6.45) is 4.67. The number of hydrogen-bond donors (Lipinski definition) is 3. The van der Waals surface area contributed by atoms with Crippen molar-refractivity contribution in [2.75, 3.05) is 32.0 Å². The Morgan fingerprint density at radius 2 is 2.12 bits per heavy atom. The molecule has 0 radical (unpaired) electrons. The molecule has 1 amide bonds. The highest BCUT2D eigenvalue weighted by molar-refractivity contribution is 14.0. The van der Waals surface area contributed by atoms with Gasteiger partial charge >= 0.3 is 0 Å². The number of anilines is 1. The Balaban J connectivity index is 0.00000196. The van der Waals surface area contributed by atoms with Crippen LogP contribution in [0.25, 0.3) is 0 Å². The van der Waals surface area contributed by atoms with E-state index in [1.54, 1.807) is 7.05 Å². The summed E-state index contributed by atoms with van der Waals surface area (Å²) in [6.45, 7) is 3.04. The van der Waals surface area contributed by atoms with Crippen LogP contribution in [0.1, 0.15) is 37.2 Å². The molecule has 2 heterocycles. The lowest BCUT2D eigenvalue weighted by atomic mass is 9.97. The molecule has 1 saturated carbocycles. The number of halogens is 1. The predicted molar refractivity (Wildman–Crippen MR) is 115 cm³/mol. The minimum absolute atomic E-state index is 0. The average molecular weight is 469 g/mol. The van der Waals surface area contributed by atoms with E-state index in [1.807, 2.05) is 24.3 Å². The second-order valence-electron chi connectivity index (χ2n) is 7.27. The maximum absolute atomic E-state index is 12.2. The lowest BCUT2D eigenvalue weighted by Gasteiger charge is -2.19. The van der Waals surface area contributed by atoms with Gasteiger partial charge in [0.2, 0.25) is 5.91 Å². The van der Waals surface area contributed by atoms with Crippen LogP contribution in [0, 0.1) is 0 Å². The second kappa shape index (κ2) is 8.56. The number of nitrogens with one attached hydrogen (secondary N) is 3. The van der Waals surface area contributed by atoms with Crippen molar-refractivity contribution in [3.8, 4) is 0 Å². The number of carbonyl (C=O) groups is 1. The van der Waals surface area contributed by atoms with Crippen molar-refractivity contribution in [3.05, 3.63) is 29.8 Å². The number of likely N-dealkylation sites (tertiary alicyclic amines) is 1. The minimum atomic E-state index is -0.0707. The summed E-state index contributed by atoms with van der Waals surface area (Å²) in [5.41, 5.74) is 2.05. The summed E-state index contributed by atoms with van der Waals surface area (Å²) in [7, 11) is 1.81. The van der Waals surface area contributed by atoms with Crippen molar-refractivity contribution < 1.29 is 4.79 Å². The highest BCUT2D eigenvalue weighted by Gasteiger charge is 2.34. The normalized spacial score (nSPS) is 25.4. The molecule has 3 N–H and O–H groups in total. The molecule has 2 aliphatic heterocycles. The summed E-state index contributed by atoms with van der Waals surface area (Å²) in [5, 5.41) is 9.87. The first kappa shape index (κ1) is 19.4. The molecule has 2 atom stereocenters. The fourth-order valence-electron chi connectivity index (χ4n) is 3.96. The van der Waals surface area contributed by atoms with Gasteiger partial charge in [0, 0.05) is 44.5 Å². The van der Waals surface area contributed by atoms with Crippen LogP contribution in [0.2, 0.25) is 0 Å². The van der Waals surface area contributed by atoms with E-state index in [9.17, 15) is 4.79 Å². The van der Waals surface area contributed by atoms with Crippen molar-refractivity contribution in [2.24, 2.45) is 4.99 Å². The third kappa shape index (κ3) is 4.31. The first-order chi connectivity index (χ1) is 12.2. The van der Waals surface area contributed by atoms with Crippen molar-refractivity contribution in [2.45, 2.75) is 43.7 Å². The Hall–Kier alpha value is -1.35. The molecule has 0 spiro atoms. The smallest absolute Gasteiger partial charge is 0.232 e. The predicted octanol–water partition coefficient (Wildman–Crippen LogP) is 2.13. The van der Waals surface area contributed by atoms with Crippen LogP contribution in [-0.2, 0) is 4.79 Å². The molecule has 2 unspecified atom stereocenters. The molecule has 1 saturated heterocycles. The Kier molecular flexibility index (Phi) is 6.39. The Morgan fingerprint density at radius 3 is 2.88 bits per heavy atom. The molecule has 6 nitrogen and oxygen atoms in total. The molecule has 1 aliphatic carbocycles. The highest BCUT2D eigenvalue weighted by atomic mass is 127. The molecule has 1 aromatic carbocycles. The molecule has 0 bridgehead atoms. The van der Waals surface area contributed by atoms with E-state index < -0.39 is 0 Å². The highest BCUT2D eigenvalue weighted by Crippen LogP contribution is 2.34. The maximum atomic E-state index is 12.2. The van der Waals surface area contributed by atoms with Gasteiger partial charge in [-0.15, -0.1) is 24.0 Å². The lowest BCUT2D eigenvalue weighted by Crippen LogP contribution is -2.45. The van der Waals surface area contributed by atoms with Crippen molar-refractivity contribution in [1.82, 2.24) is 15.5 Å². The number of guanidine groups is 1. The summed E-state index contributed by atoms with van der Waals surface area (Å²) in [6, 6.07) is 9.26. The standard InChI is InChI=1S/C19H27N5O.HI/c1-20-19(22-13-9-11-24(12-13)14-6-7-14)21-10-8-16-15-4-2-3-5-17(15)23-18(16)25;/h2-5,13-14,16H,6-12H2,1H3,(H,23,25)(H2,20,21,22);1H. The van der Waals surface area contributed by atoms with Crippen molar-refractivity contribution in [1.29, 1.82) is 0 Å². The van der Waals surface area contributed by atoms with Gasteiger partial charge < -0.3 is 16.0 Å². The van der Waals surface area contributed by atoms with E-state index in [4.69, 9.17) is 0 Å². The largest absolute Gasteiger partial charge is 0.356 e. The van der Waals surface area contributed by atoms with E-state index in [0.29, 0.717) is 6.04 Å². The number of hydrogen-bond acceptors (Lipinski definition) is 3. The zero-order valence-corrected chi connectivity index (χ0v) is 17.5. The van der Waals surface area contributed by atoms with Gasteiger partial charge in [-0.2, -0.15) is 0 Å². The summed E-state index contributed by atoms with van der Waals surface area (Å²) in [4.78, 5) is 19.1.